The second-order valence-corrected chi connectivity index (χ2v) is 5.26. The van der Waals surface area contributed by atoms with E-state index in [1.807, 2.05) is 19.2 Å². The van der Waals surface area contributed by atoms with Crippen molar-refractivity contribution in [3.05, 3.63) is 34.3 Å². The Morgan fingerprint density at radius 2 is 2.11 bits per heavy atom. The van der Waals surface area contributed by atoms with Crippen LogP contribution in [-0.2, 0) is 6.54 Å². The Kier molecular flexibility index (Phi) is 4.10. The maximum absolute atomic E-state index is 11.8. The van der Waals surface area contributed by atoms with Crippen LogP contribution < -0.4 is 11.1 Å². The summed E-state index contributed by atoms with van der Waals surface area (Å²) in [4.78, 5) is 11.8. The summed E-state index contributed by atoms with van der Waals surface area (Å²) in [6, 6.07) is 6.30. The molecule has 0 aliphatic heterocycles. The third kappa shape index (κ3) is 2.59. The van der Waals surface area contributed by atoms with Gasteiger partial charge in [-0.25, -0.2) is 4.79 Å². The summed E-state index contributed by atoms with van der Waals surface area (Å²) >= 11 is 0. The first-order valence-corrected chi connectivity index (χ1v) is 6.89. The maximum atomic E-state index is 11.8. The predicted octanol–water partition coefficient (Wildman–Crippen LogP) is 2.92. The van der Waals surface area contributed by atoms with Crippen LogP contribution in [0.25, 0.3) is 11.1 Å². The van der Waals surface area contributed by atoms with Crippen molar-refractivity contribution in [2.75, 3.05) is 7.05 Å². The van der Waals surface area contributed by atoms with Crippen molar-refractivity contribution >= 4 is 11.1 Å². The monoisotopic (exact) mass is 262 g/mol. The lowest BCUT2D eigenvalue weighted by Gasteiger charge is -2.20. The zero-order valence-electron chi connectivity index (χ0n) is 12.1. The molecule has 0 spiro atoms. The molecule has 1 atom stereocenters. The lowest BCUT2D eigenvalue weighted by Crippen LogP contribution is -2.21. The van der Waals surface area contributed by atoms with E-state index in [1.165, 1.54) is 0 Å². The largest absolute Gasteiger partial charge is 0.419 e. The number of oxazole rings is 1. The van der Waals surface area contributed by atoms with E-state index in [0.717, 1.165) is 17.5 Å². The van der Waals surface area contributed by atoms with E-state index in [-0.39, 0.29) is 11.8 Å². The molecule has 4 nitrogen and oxygen atoms in total. The van der Waals surface area contributed by atoms with Crippen LogP contribution in [0.2, 0.25) is 0 Å². The van der Waals surface area contributed by atoms with Crippen molar-refractivity contribution in [3.8, 4) is 0 Å². The van der Waals surface area contributed by atoms with E-state index in [1.54, 1.807) is 4.57 Å². The molecule has 0 fully saturated rings. The summed E-state index contributed by atoms with van der Waals surface area (Å²) in [5.74, 6) is 0.214. The number of hydrogen-bond donors (Lipinski definition) is 1. The molecule has 104 valence electrons. The highest BCUT2D eigenvalue weighted by Gasteiger charge is 2.16. The number of aromatic nitrogens is 1. The Morgan fingerprint density at radius 3 is 2.68 bits per heavy atom. The molecule has 1 heterocycles. The van der Waals surface area contributed by atoms with Gasteiger partial charge in [0.15, 0.2) is 5.58 Å². The third-order valence-corrected chi connectivity index (χ3v) is 3.48. The Morgan fingerprint density at radius 1 is 1.37 bits per heavy atom. The summed E-state index contributed by atoms with van der Waals surface area (Å²) in [5, 5.41) is 3.30. The van der Waals surface area contributed by atoms with Crippen molar-refractivity contribution in [1.82, 2.24) is 9.88 Å². The minimum Gasteiger partial charge on any atom is -0.408 e. The average Bonchev–Trinajstić information content (AvgIpc) is 2.66. The van der Waals surface area contributed by atoms with Crippen LogP contribution in [0.1, 0.15) is 38.8 Å². The maximum Gasteiger partial charge on any atom is 0.419 e. The van der Waals surface area contributed by atoms with E-state index in [9.17, 15) is 4.79 Å². The fourth-order valence-corrected chi connectivity index (χ4v) is 2.60. The van der Waals surface area contributed by atoms with Crippen LogP contribution in [-0.4, -0.2) is 11.6 Å². The van der Waals surface area contributed by atoms with Crippen LogP contribution in [0, 0.1) is 5.92 Å². The third-order valence-electron chi connectivity index (χ3n) is 3.48. The van der Waals surface area contributed by atoms with Gasteiger partial charge in [-0.1, -0.05) is 26.8 Å². The number of benzene rings is 1. The highest BCUT2D eigenvalue weighted by molar-refractivity contribution is 5.74. The fourth-order valence-electron chi connectivity index (χ4n) is 2.60. The molecular weight excluding hydrogens is 240 g/mol. The lowest BCUT2D eigenvalue weighted by molar-refractivity contribution is 0.442. The van der Waals surface area contributed by atoms with Crippen molar-refractivity contribution in [3.63, 3.8) is 0 Å². The van der Waals surface area contributed by atoms with Crippen LogP contribution in [0.4, 0.5) is 0 Å². The smallest absolute Gasteiger partial charge is 0.408 e. The zero-order chi connectivity index (χ0) is 14.0. The molecule has 19 heavy (non-hydrogen) atoms. The first-order chi connectivity index (χ1) is 9.08. The summed E-state index contributed by atoms with van der Waals surface area (Å²) in [5.41, 5.74) is 2.72. The van der Waals surface area contributed by atoms with Gasteiger partial charge in [-0.3, -0.25) is 4.57 Å². The Hall–Kier alpha value is -1.55. The Bertz CT molecular complexity index is 610. The molecule has 2 rings (SSSR count). The number of hydrogen-bond acceptors (Lipinski definition) is 3. The SMILES string of the molecule is CCCn1c(=O)oc2cc(C(NC)C(C)C)ccc21. The highest BCUT2D eigenvalue weighted by atomic mass is 16.4. The van der Waals surface area contributed by atoms with Gasteiger partial charge in [0.1, 0.15) is 0 Å². The van der Waals surface area contributed by atoms with E-state index >= 15 is 0 Å². The Balaban J connectivity index is 2.50. The lowest BCUT2D eigenvalue weighted by atomic mass is 9.96. The van der Waals surface area contributed by atoms with E-state index < -0.39 is 0 Å². The minimum atomic E-state index is -0.264. The Labute approximate surface area is 113 Å². The molecule has 0 saturated heterocycles. The number of rotatable bonds is 5. The van der Waals surface area contributed by atoms with Gasteiger partial charge in [0.25, 0.3) is 0 Å². The van der Waals surface area contributed by atoms with Gasteiger partial charge < -0.3 is 9.73 Å². The summed E-state index contributed by atoms with van der Waals surface area (Å²) in [6.07, 6.45) is 0.918. The number of aryl methyl sites for hydroxylation is 1. The van der Waals surface area contributed by atoms with Crippen LogP contribution >= 0.6 is 0 Å². The van der Waals surface area contributed by atoms with Gasteiger partial charge in [-0.15, -0.1) is 0 Å². The number of fused-ring (bicyclic) bond motifs is 1. The molecule has 4 heteroatoms. The second kappa shape index (κ2) is 5.61. The molecule has 1 aromatic heterocycles. The molecular formula is C15H22N2O2. The van der Waals surface area contributed by atoms with E-state index in [4.69, 9.17) is 4.42 Å². The minimum absolute atomic E-state index is 0.264. The quantitative estimate of drug-likeness (QED) is 0.901. The fraction of sp³-hybridized carbons (Fsp3) is 0.533. The van der Waals surface area contributed by atoms with Crippen LogP contribution in [0.5, 0.6) is 0 Å². The van der Waals surface area contributed by atoms with Gasteiger partial charge >= 0.3 is 5.76 Å². The normalized spacial score (nSPS) is 13.3. The molecule has 0 amide bonds. The van der Waals surface area contributed by atoms with E-state index in [0.29, 0.717) is 18.0 Å². The molecule has 2 aromatic rings. The van der Waals surface area contributed by atoms with E-state index in [2.05, 4.69) is 32.2 Å². The molecule has 0 saturated carbocycles. The van der Waals surface area contributed by atoms with Gasteiger partial charge in [-0.05, 0) is 37.1 Å². The number of nitrogens with zero attached hydrogens (tertiary/aromatic N) is 1. The molecule has 0 bridgehead atoms. The van der Waals surface area contributed by atoms with Gasteiger partial charge in [-0.2, -0.15) is 0 Å². The first kappa shape index (κ1) is 13.9. The second-order valence-electron chi connectivity index (χ2n) is 5.26. The van der Waals surface area contributed by atoms with Gasteiger partial charge in [0.2, 0.25) is 0 Å². The van der Waals surface area contributed by atoms with Gasteiger partial charge in [0.05, 0.1) is 5.52 Å². The zero-order valence-corrected chi connectivity index (χ0v) is 12.1. The van der Waals surface area contributed by atoms with Crippen molar-refractivity contribution in [2.24, 2.45) is 5.92 Å². The average molecular weight is 262 g/mol. The predicted molar refractivity (Wildman–Crippen MR) is 77.4 cm³/mol. The van der Waals surface area contributed by atoms with Crippen molar-refractivity contribution < 1.29 is 4.42 Å². The molecule has 0 aliphatic rings. The van der Waals surface area contributed by atoms with Crippen molar-refractivity contribution in [2.45, 2.75) is 39.8 Å². The molecule has 1 unspecified atom stereocenters. The standard InChI is InChI=1S/C15H22N2O2/c1-5-8-17-12-7-6-11(14(16-4)10(2)3)9-13(12)19-15(17)18/h6-7,9-10,14,16H,5,8H2,1-4H3. The van der Waals surface area contributed by atoms with Crippen LogP contribution in [0.15, 0.2) is 27.4 Å². The summed E-state index contributed by atoms with van der Waals surface area (Å²) in [6.45, 7) is 7.09. The van der Waals surface area contributed by atoms with Gasteiger partial charge in [0, 0.05) is 12.6 Å². The first-order valence-electron chi connectivity index (χ1n) is 6.89. The molecule has 1 N–H and O–H groups in total. The molecule has 0 aliphatic carbocycles. The van der Waals surface area contributed by atoms with Crippen molar-refractivity contribution in [1.29, 1.82) is 0 Å². The highest BCUT2D eigenvalue weighted by Crippen LogP contribution is 2.24. The number of nitrogens with one attached hydrogen (secondary N) is 1. The summed E-state index contributed by atoms with van der Waals surface area (Å²) < 4.78 is 7.04. The molecule has 0 radical (unpaired) electrons. The topological polar surface area (TPSA) is 47.2 Å². The molecule has 1 aromatic carbocycles. The summed E-state index contributed by atoms with van der Waals surface area (Å²) in [7, 11) is 1.95. The van der Waals surface area contributed by atoms with Crippen LogP contribution in [0.3, 0.4) is 0 Å².